The van der Waals surface area contributed by atoms with Crippen molar-refractivity contribution >= 4 is 28.9 Å². The molecule has 1 heterocycles. The van der Waals surface area contributed by atoms with Crippen LogP contribution in [0.2, 0.25) is 10.0 Å². The van der Waals surface area contributed by atoms with Crippen LogP contribution in [0.5, 0.6) is 0 Å². The smallest absolute Gasteiger partial charge is 0.0460 e. The molecule has 2 rings (SSSR count). The van der Waals surface area contributed by atoms with Crippen molar-refractivity contribution in [1.29, 1.82) is 0 Å². The zero-order valence-electron chi connectivity index (χ0n) is 7.27. The van der Waals surface area contributed by atoms with Gasteiger partial charge in [-0.2, -0.15) is 0 Å². The van der Waals surface area contributed by atoms with Crippen molar-refractivity contribution in [2.24, 2.45) is 4.99 Å². The molecule has 1 aliphatic heterocycles. The molecule has 0 saturated heterocycles. The molecule has 0 aromatic heterocycles. The number of halogens is 2. The molecule has 0 aliphatic carbocycles. The van der Waals surface area contributed by atoms with Crippen LogP contribution < -0.4 is 0 Å². The first-order chi connectivity index (χ1) is 6.18. The lowest BCUT2D eigenvalue weighted by Crippen LogP contribution is -2.10. The minimum Gasteiger partial charge on any atom is -0.289 e. The standard InChI is InChI=1S/C10H9Cl2N/c1-6-9-4-7(11)5-10(12)8(9)2-3-13-6/h4-5H,2-3H2,1H3. The molecule has 0 amide bonds. The van der Waals surface area contributed by atoms with E-state index in [1.165, 1.54) is 5.56 Å². The third kappa shape index (κ3) is 1.59. The minimum atomic E-state index is 0.681. The minimum absolute atomic E-state index is 0.681. The Labute approximate surface area is 87.4 Å². The van der Waals surface area contributed by atoms with Crippen LogP contribution in [-0.2, 0) is 6.42 Å². The van der Waals surface area contributed by atoms with Gasteiger partial charge < -0.3 is 0 Å². The Morgan fingerprint density at radius 3 is 2.85 bits per heavy atom. The van der Waals surface area contributed by atoms with Crippen molar-refractivity contribution in [2.75, 3.05) is 6.54 Å². The second kappa shape index (κ2) is 3.32. The summed E-state index contributed by atoms with van der Waals surface area (Å²) >= 11 is 12.0. The molecular weight excluding hydrogens is 205 g/mol. The molecule has 0 bridgehead atoms. The molecular formula is C10H9Cl2N. The van der Waals surface area contributed by atoms with Gasteiger partial charge in [-0.1, -0.05) is 23.2 Å². The Hall–Kier alpha value is -0.530. The molecule has 3 heteroatoms. The molecule has 0 spiro atoms. The highest BCUT2D eigenvalue weighted by atomic mass is 35.5. The monoisotopic (exact) mass is 213 g/mol. The third-order valence-corrected chi connectivity index (χ3v) is 2.82. The average molecular weight is 214 g/mol. The second-order valence-electron chi connectivity index (χ2n) is 3.13. The van der Waals surface area contributed by atoms with Crippen molar-refractivity contribution < 1.29 is 0 Å². The fourth-order valence-corrected chi connectivity index (χ4v) is 2.19. The number of hydrogen-bond acceptors (Lipinski definition) is 1. The first-order valence-electron chi connectivity index (χ1n) is 4.18. The van der Waals surface area contributed by atoms with E-state index in [1.807, 2.05) is 13.0 Å². The molecule has 0 N–H and O–H groups in total. The number of fused-ring (bicyclic) bond motifs is 1. The number of benzene rings is 1. The van der Waals surface area contributed by atoms with Crippen molar-refractivity contribution in [1.82, 2.24) is 0 Å². The molecule has 0 atom stereocenters. The van der Waals surface area contributed by atoms with Crippen LogP contribution >= 0.6 is 23.2 Å². The largest absolute Gasteiger partial charge is 0.289 e. The molecule has 0 fully saturated rings. The topological polar surface area (TPSA) is 12.4 Å². The summed E-state index contributed by atoms with van der Waals surface area (Å²) in [6.07, 6.45) is 0.919. The van der Waals surface area contributed by atoms with E-state index in [0.29, 0.717) is 5.02 Å². The lowest BCUT2D eigenvalue weighted by molar-refractivity contribution is 0.942. The van der Waals surface area contributed by atoms with Gasteiger partial charge in [0, 0.05) is 27.9 Å². The van der Waals surface area contributed by atoms with Gasteiger partial charge in [-0.05, 0) is 31.0 Å². The zero-order chi connectivity index (χ0) is 9.42. The van der Waals surface area contributed by atoms with Gasteiger partial charge >= 0.3 is 0 Å². The van der Waals surface area contributed by atoms with Crippen molar-refractivity contribution in [3.63, 3.8) is 0 Å². The van der Waals surface area contributed by atoms with E-state index >= 15 is 0 Å². The Bertz CT molecular complexity index is 383. The van der Waals surface area contributed by atoms with E-state index in [9.17, 15) is 0 Å². The SMILES string of the molecule is CC1=NCCc2c(Cl)cc(Cl)cc21. The summed E-state index contributed by atoms with van der Waals surface area (Å²) in [5.41, 5.74) is 3.31. The molecule has 13 heavy (non-hydrogen) atoms. The van der Waals surface area contributed by atoms with Crippen LogP contribution in [-0.4, -0.2) is 12.3 Å². The number of nitrogens with zero attached hydrogens (tertiary/aromatic N) is 1. The quantitative estimate of drug-likeness (QED) is 0.627. The van der Waals surface area contributed by atoms with E-state index in [0.717, 1.165) is 29.3 Å². The van der Waals surface area contributed by atoms with Gasteiger partial charge in [-0.3, -0.25) is 4.99 Å². The Kier molecular flexibility index (Phi) is 2.31. The summed E-state index contributed by atoms with van der Waals surface area (Å²) < 4.78 is 0. The predicted octanol–water partition coefficient (Wildman–Crippen LogP) is 3.36. The zero-order valence-corrected chi connectivity index (χ0v) is 8.78. The van der Waals surface area contributed by atoms with Gasteiger partial charge in [-0.15, -0.1) is 0 Å². The summed E-state index contributed by atoms with van der Waals surface area (Å²) in [4.78, 5) is 4.35. The summed E-state index contributed by atoms with van der Waals surface area (Å²) in [5, 5.41) is 1.44. The van der Waals surface area contributed by atoms with Crippen LogP contribution in [0, 0.1) is 0 Å². The molecule has 1 aliphatic rings. The number of hydrogen-bond donors (Lipinski definition) is 0. The molecule has 1 aromatic rings. The molecule has 0 saturated carbocycles. The summed E-state index contributed by atoms with van der Waals surface area (Å²) in [7, 11) is 0. The van der Waals surface area contributed by atoms with E-state index in [4.69, 9.17) is 23.2 Å². The van der Waals surface area contributed by atoms with Crippen molar-refractivity contribution in [3.8, 4) is 0 Å². The summed E-state index contributed by atoms with van der Waals surface area (Å²) in [6.45, 7) is 2.82. The highest BCUT2D eigenvalue weighted by Crippen LogP contribution is 2.28. The van der Waals surface area contributed by atoms with E-state index in [-0.39, 0.29) is 0 Å². The fraction of sp³-hybridized carbons (Fsp3) is 0.300. The van der Waals surface area contributed by atoms with Gasteiger partial charge in [-0.25, -0.2) is 0 Å². The van der Waals surface area contributed by atoms with Crippen LogP contribution in [0.15, 0.2) is 17.1 Å². The first-order valence-corrected chi connectivity index (χ1v) is 4.93. The maximum atomic E-state index is 6.07. The van der Waals surface area contributed by atoms with Gasteiger partial charge in [0.25, 0.3) is 0 Å². The Balaban J connectivity index is 2.66. The van der Waals surface area contributed by atoms with Gasteiger partial charge in [0.2, 0.25) is 0 Å². The van der Waals surface area contributed by atoms with Gasteiger partial charge in [0.05, 0.1) is 0 Å². The fourth-order valence-electron chi connectivity index (χ4n) is 1.60. The highest BCUT2D eigenvalue weighted by molar-refractivity contribution is 6.36. The third-order valence-electron chi connectivity index (χ3n) is 2.26. The molecule has 1 aromatic carbocycles. The highest BCUT2D eigenvalue weighted by Gasteiger charge is 2.14. The van der Waals surface area contributed by atoms with Crippen molar-refractivity contribution in [3.05, 3.63) is 33.3 Å². The Morgan fingerprint density at radius 2 is 2.08 bits per heavy atom. The van der Waals surface area contributed by atoms with Crippen LogP contribution in [0.25, 0.3) is 0 Å². The van der Waals surface area contributed by atoms with E-state index < -0.39 is 0 Å². The Morgan fingerprint density at radius 1 is 1.31 bits per heavy atom. The maximum Gasteiger partial charge on any atom is 0.0460 e. The predicted molar refractivity (Wildman–Crippen MR) is 57.2 cm³/mol. The first kappa shape index (κ1) is 9.04. The average Bonchev–Trinajstić information content (AvgIpc) is 2.07. The summed E-state index contributed by atoms with van der Waals surface area (Å²) in [5.74, 6) is 0. The normalized spacial score (nSPS) is 15.2. The lowest BCUT2D eigenvalue weighted by Gasteiger charge is -2.15. The maximum absolute atomic E-state index is 6.07. The van der Waals surface area contributed by atoms with Gasteiger partial charge in [0.1, 0.15) is 0 Å². The summed E-state index contributed by atoms with van der Waals surface area (Å²) in [6, 6.07) is 3.72. The number of rotatable bonds is 0. The molecule has 0 unspecified atom stereocenters. The van der Waals surface area contributed by atoms with E-state index in [2.05, 4.69) is 4.99 Å². The second-order valence-corrected chi connectivity index (χ2v) is 3.97. The molecule has 0 radical (unpaired) electrons. The van der Waals surface area contributed by atoms with Crippen LogP contribution in [0.3, 0.4) is 0 Å². The number of aliphatic imine (C=N–C) groups is 1. The molecule has 1 nitrogen and oxygen atoms in total. The van der Waals surface area contributed by atoms with Crippen molar-refractivity contribution in [2.45, 2.75) is 13.3 Å². The molecule has 68 valence electrons. The van der Waals surface area contributed by atoms with E-state index in [1.54, 1.807) is 6.07 Å². The van der Waals surface area contributed by atoms with Crippen LogP contribution in [0.4, 0.5) is 0 Å². The van der Waals surface area contributed by atoms with Gasteiger partial charge in [0.15, 0.2) is 0 Å². The van der Waals surface area contributed by atoms with Crippen LogP contribution in [0.1, 0.15) is 18.1 Å². The lowest BCUT2D eigenvalue weighted by atomic mass is 9.98.